The van der Waals surface area contributed by atoms with Gasteiger partial charge in [0.05, 0.1) is 11.4 Å². The standard InChI is InChI=1S/C21H27FN4O2S.HI/c1-2-23-21(24-14-13-17-5-3-4-6-20(17)22)25-15-16-7-11-19(12-8-16)29(27,28)26-18-9-10-18;/h3-8,11-12,18,26H,2,9-10,13-15H2,1H3,(H2,23,24,25);1H. The van der Waals surface area contributed by atoms with E-state index < -0.39 is 10.0 Å². The van der Waals surface area contributed by atoms with Gasteiger partial charge in [-0.2, -0.15) is 0 Å². The molecule has 0 aliphatic heterocycles. The van der Waals surface area contributed by atoms with Crippen molar-refractivity contribution in [3.8, 4) is 0 Å². The zero-order chi connectivity index (χ0) is 20.7. The Kier molecular flexibility index (Phi) is 9.50. The Labute approximate surface area is 194 Å². The van der Waals surface area contributed by atoms with E-state index in [0.29, 0.717) is 37.6 Å². The molecule has 0 amide bonds. The Morgan fingerprint density at radius 3 is 2.43 bits per heavy atom. The van der Waals surface area contributed by atoms with Crippen molar-refractivity contribution in [2.24, 2.45) is 4.99 Å². The van der Waals surface area contributed by atoms with Gasteiger partial charge in [-0.15, -0.1) is 24.0 Å². The number of nitrogens with one attached hydrogen (secondary N) is 3. The van der Waals surface area contributed by atoms with Crippen molar-refractivity contribution >= 4 is 40.0 Å². The van der Waals surface area contributed by atoms with Gasteiger partial charge in [0, 0.05) is 19.1 Å². The average Bonchev–Trinajstić information content (AvgIpc) is 3.51. The minimum atomic E-state index is -3.44. The third-order valence-electron chi connectivity index (χ3n) is 4.54. The van der Waals surface area contributed by atoms with Crippen LogP contribution in [-0.4, -0.2) is 33.5 Å². The van der Waals surface area contributed by atoms with E-state index in [1.165, 1.54) is 6.07 Å². The summed E-state index contributed by atoms with van der Waals surface area (Å²) in [6, 6.07) is 13.6. The molecular formula is C21H28FIN4O2S. The van der Waals surface area contributed by atoms with E-state index in [1.807, 2.05) is 13.0 Å². The number of benzene rings is 2. The number of nitrogens with zero attached hydrogens (tertiary/aromatic N) is 1. The summed E-state index contributed by atoms with van der Waals surface area (Å²) in [5.41, 5.74) is 1.56. The predicted molar refractivity (Wildman–Crippen MR) is 128 cm³/mol. The molecular weight excluding hydrogens is 518 g/mol. The molecule has 3 N–H and O–H groups in total. The molecule has 1 aliphatic rings. The third-order valence-corrected chi connectivity index (χ3v) is 6.08. The molecule has 0 atom stereocenters. The fourth-order valence-corrected chi connectivity index (χ4v) is 4.10. The maximum Gasteiger partial charge on any atom is 0.240 e. The summed E-state index contributed by atoms with van der Waals surface area (Å²) in [5.74, 6) is 0.429. The van der Waals surface area contributed by atoms with Gasteiger partial charge in [-0.25, -0.2) is 22.5 Å². The van der Waals surface area contributed by atoms with Gasteiger partial charge in [0.25, 0.3) is 0 Å². The number of hydrogen-bond acceptors (Lipinski definition) is 3. The van der Waals surface area contributed by atoms with Crippen molar-refractivity contribution in [3.63, 3.8) is 0 Å². The molecule has 1 aliphatic carbocycles. The first-order valence-electron chi connectivity index (χ1n) is 9.85. The van der Waals surface area contributed by atoms with Crippen LogP contribution in [0.15, 0.2) is 58.4 Å². The van der Waals surface area contributed by atoms with Crippen LogP contribution in [0.4, 0.5) is 4.39 Å². The summed E-state index contributed by atoms with van der Waals surface area (Å²) in [7, 11) is -3.44. The van der Waals surface area contributed by atoms with Crippen LogP contribution in [-0.2, 0) is 23.0 Å². The first-order valence-corrected chi connectivity index (χ1v) is 11.3. The molecule has 0 aromatic heterocycles. The van der Waals surface area contributed by atoms with Crippen molar-refractivity contribution < 1.29 is 12.8 Å². The molecule has 2 aromatic carbocycles. The van der Waals surface area contributed by atoms with E-state index in [4.69, 9.17) is 0 Å². The zero-order valence-electron chi connectivity index (χ0n) is 16.9. The molecule has 1 saturated carbocycles. The van der Waals surface area contributed by atoms with E-state index in [0.717, 1.165) is 18.4 Å². The summed E-state index contributed by atoms with van der Waals surface area (Å²) < 4.78 is 40.8. The van der Waals surface area contributed by atoms with Gasteiger partial charge >= 0.3 is 0 Å². The lowest BCUT2D eigenvalue weighted by molar-refractivity contribution is 0.581. The van der Waals surface area contributed by atoms with Crippen LogP contribution in [0.2, 0.25) is 0 Å². The molecule has 9 heteroatoms. The number of guanidine groups is 1. The summed E-state index contributed by atoms with van der Waals surface area (Å²) >= 11 is 0. The Hall–Kier alpha value is -1.72. The molecule has 2 aromatic rings. The quantitative estimate of drug-likeness (QED) is 0.257. The fourth-order valence-electron chi connectivity index (χ4n) is 2.79. The highest BCUT2D eigenvalue weighted by molar-refractivity contribution is 14.0. The molecule has 3 rings (SSSR count). The third kappa shape index (κ3) is 7.51. The van der Waals surface area contributed by atoms with Gasteiger partial charge in [-0.3, -0.25) is 0 Å². The second-order valence-electron chi connectivity index (χ2n) is 7.00. The van der Waals surface area contributed by atoms with Crippen LogP contribution in [0.5, 0.6) is 0 Å². The highest BCUT2D eigenvalue weighted by atomic mass is 127. The summed E-state index contributed by atoms with van der Waals surface area (Å²) in [6.45, 7) is 3.64. The molecule has 164 valence electrons. The smallest absolute Gasteiger partial charge is 0.240 e. The van der Waals surface area contributed by atoms with Crippen molar-refractivity contribution in [3.05, 3.63) is 65.5 Å². The molecule has 0 radical (unpaired) electrons. The SMILES string of the molecule is CCNC(=NCc1ccc(S(=O)(=O)NC2CC2)cc1)NCCc1ccccc1F.I. The van der Waals surface area contributed by atoms with Gasteiger partial charge in [-0.05, 0) is 55.5 Å². The minimum Gasteiger partial charge on any atom is -0.357 e. The second-order valence-corrected chi connectivity index (χ2v) is 8.72. The van der Waals surface area contributed by atoms with Gasteiger partial charge in [0.1, 0.15) is 5.82 Å². The highest BCUT2D eigenvalue weighted by Gasteiger charge is 2.27. The van der Waals surface area contributed by atoms with Crippen LogP contribution >= 0.6 is 24.0 Å². The maximum atomic E-state index is 13.7. The van der Waals surface area contributed by atoms with Gasteiger partial charge < -0.3 is 10.6 Å². The second kappa shape index (κ2) is 11.6. The molecule has 30 heavy (non-hydrogen) atoms. The normalized spacial score (nSPS) is 14.1. The van der Waals surface area contributed by atoms with Crippen LogP contribution in [0, 0.1) is 5.82 Å². The highest BCUT2D eigenvalue weighted by Crippen LogP contribution is 2.22. The van der Waals surface area contributed by atoms with Gasteiger partial charge in [-0.1, -0.05) is 30.3 Å². The van der Waals surface area contributed by atoms with E-state index in [-0.39, 0.29) is 40.7 Å². The lowest BCUT2D eigenvalue weighted by Gasteiger charge is -2.12. The number of aliphatic imine (C=N–C) groups is 1. The van der Waals surface area contributed by atoms with E-state index in [1.54, 1.807) is 36.4 Å². The lowest BCUT2D eigenvalue weighted by atomic mass is 10.1. The van der Waals surface area contributed by atoms with E-state index >= 15 is 0 Å². The Balaban J connectivity index is 0.00000320. The van der Waals surface area contributed by atoms with Crippen LogP contribution in [0.1, 0.15) is 30.9 Å². The molecule has 0 unspecified atom stereocenters. The largest absolute Gasteiger partial charge is 0.357 e. The molecule has 0 bridgehead atoms. The number of halogens is 2. The topological polar surface area (TPSA) is 82.6 Å². The Morgan fingerprint density at radius 2 is 1.80 bits per heavy atom. The molecule has 0 spiro atoms. The van der Waals surface area contributed by atoms with Crippen LogP contribution < -0.4 is 15.4 Å². The molecule has 1 fully saturated rings. The van der Waals surface area contributed by atoms with Crippen molar-refractivity contribution in [2.45, 2.75) is 43.7 Å². The summed E-state index contributed by atoms with van der Waals surface area (Å²) in [5, 5.41) is 6.35. The summed E-state index contributed by atoms with van der Waals surface area (Å²) in [6.07, 6.45) is 2.37. The first-order chi connectivity index (χ1) is 14.0. The number of hydrogen-bond donors (Lipinski definition) is 3. The van der Waals surface area contributed by atoms with Crippen molar-refractivity contribution in [1.29, 1.82) is 0 Å². The van der Waals surface area contributed by atoms with Crippen molar-refractivity contribution in [2.75, 3.05) is 13.1 Å². The summed E-state index contributed by atoms with van der Waals surface area (Å²) in [4.78, 5) is 4.79. The first kappa shape index (κ1) is 24.5. The molecule has 6 nitrogen and oxygen atoms in total. The fraction of sp³-hybridized carbons (Fsp3) is 0.381. The maximum absolute atomic E-state index is 13.7. The number of rotatable bonds is 9. The monoisotopic (exact) mass is 546 g/mol. The predicted octanol–water partition coefficient (Wildman–Crippen LogP) is 3.18. The zero-order valence-corrected chi connectivity index (χ0v) is 20.0. The average molecular weight is 546 g/mol. The van der Waals surface area contributed by atoms with Crippen LogP contribution in [0.25, 0.3) is 0 Å². The van der Waals surface area contributed by atoms with Gasteiger partial charge in [0.15, 0.2) is 5.96 Å². The lowest BCUT2D eigenvalue weighted by Crippen LogP contribution is -2.38. The van der Waals surface area contributed by atoms with E-state index in [9.17, 15) is 12.8 Å². The Bertz CT molecular complexity index is 948. The minimum absolute atomic E-state index is 0. The van der Waals surface area contributed by atoms with Crippen LogP contribution in [0.3, 0.4) is 0 Å². The van der Waals surface area contributed by atoms with Crippen molar-refractivity contribution in [1.82, 2.24) is 15.4 Å². The Morgan fingerprint density at radius 1 is 1.10 bits per heavy atom. The van der Waals surface area contributed by atoms with Gasteiger partial charge in [0.2, 0.25) is 10.0 Å². The molecule has 0 heterocycles. The van der Waals surface area contributed by atoms with E-state index in [2.05, 4.69) is 20.3 Å². The number of sulfonamides is 1. The molecule has 0 saturated heterocycles.